The molecule has 2 amide bonds. The van der Waals surface area contributed by atoms with Crippen molar-refractivity contribution in [2.75, 3.05) is 38.0 Å². The normalized spacial score (nSPS) is 25.3. The molecule has 4 nitrogen and oxygen atoms in total. The fourth-order valence-corrected chi connectivity index (χ4v) is 4.65. The number of nitrogens with one attached hydrogen (secondary N) is 1. The summed E-state index contributed by atoms with van der Waals surface area (Å²) in [5.41, 5.74) is 2.19. The lowest BCUT2D eigenvalue weighted by Gasteiger charge is -2.39. The molecule has 0 spiro atoms. The summed E-state index contributed by atoms with van der Waals surface area (Å²) in [5.74, 6) is 2.38. The monoisotopic (exact) mass is 357 g/mol. The molecule has 0 aliphatic carbocycles. The molecule has 2 aliphatic rings. The lowest BCUT2D eigenvalue weighted by atomic mass is 9.89. The maximum atomic E-state index is 12.5. The van der Waals surface area contributed by atoms with E-state index in [1.54, 1.807) is 0 Å². The molecule has 1 N–H and O–H groups in total. The third kappa shape index (κ3) is 5.23. The predicted molar refractivity (Wildman–Crippen MR) is 109 cm³/mol. The molecular weight excluding hydrogens is 322 g/mol. The van der Waals surface area contributed by atoms with E-state index in [0.29, 0.717) is 0 Å². The second-order valence-electron chi connectivity index (χ2n) is 8.58. The van der Waals surface area contributed by atoms with Gasteiger partial charge in [-0.05, 0) is 61.1 Å². The van der Waals surface area contributed by atoms with Crippen LogP contribution in [0.2, 0.25) is 0 Å². The molecule has 0 saturated carbocycles. The Hall–Kier alpha value is -1.55. The molecule has 144 valence electrons. The van der Waals surface area contributed by atoms with Crippen LogP contribution in [-0.4, -0.2) is 48.6 Å². The van der Waals surface area contributed by atoms with Crippen molar-refractivity contribution in [1.82, 2.24) is 9.80 Å². The van der Waals surface area contributed by atoms with E-state index in [1.807, 2.05) is 17.0 Å². The van der Waals surface area contributed by atoms with Crippen molar-refractivity contribution in [2.45, 2.75) is 46.5 Å². The van der Waals surface area contributed by atoms with Crippen LogP contribution in [0.15, 0.2) is 24.3 Å². The number of urea groups is 1. The number of carbonyl (C=O) groups is 1. The number of rotatable bonds is 4. The maximum absolute atomic E-state index is 12.5. The van der Waals surface area contributed by atoms with Crippen LogP contribution >= 0.6 is 0 Å². The van der Waals surface area contributed by atoms with Crippen molar-refractivity contribution in [3.8, 4) is 0 Å². The predicted octanol–water partition coefficient (Wildman–Crippen LogP) is 4.47. The molecule has 2 aliphatic heterocycles. The van der Waals surface area contributed by atoms with Gasteiger partial charge >= 0.3 is 6.03 Å². The van der Waals surface area contributed by atoms with Gasteiger partial charge in [0.15, 0.2) is 0 Å². The van der Waals surface area contributed by atoms with Gasteiger partial charge in [-0.2, -0.15) is 0 Å². The molecule has 4 heteroatoms. The third-order valence-corrected chi connectivity index (χ3v) is 5.98. The van der Waals surface area contributed by atoms with Gasteiger partial charge in [0.2, 0.25) is 0 Å². The number of aryl methyl sites for hydroxylation is 1. The number of benzene rings is 1. The van der Waals surface area contributed by atoms with Gasteiger partial charge in [-0.1, -0.05) is 32.9 Å². The highest BCUT2D eigenvalue weighted by Gasteiger charge is 2.27. The number of anilines is 1. The molecule has 3 rings (SSSR count). The first-order valence-electron chi connectivity index (χ1n) is 10.4. The minimum Gasteiger partial charge on any atom is -0.325 e. The van der Waals surface area contributed by atoms with Crippen LogP contribution in [-0.2, 0) is 6.42 Å². The van der Waals surface area contributed by atoms with Crippen molar-refractivity contribution >= 4 is 11.7 Å². The summed E-state index contributed by atoms with van der Waals surface area (Å²) in [5, 5.41) is 3.05. The summed E-state index contributed by atoms with van der Waals surface area (Å²) in [4.78, 5) is 17.1. The zero-order chi connectivity index (χ0) is 18.5. The molecule has 0 radical (unpaired) electrons. The SMILES string of the molecule is CCc1ccc(NC(=O)N2CCC(CN3C[C@@H](C)C[C@H](C)C3)CC2)cc1. The summed E-state index contributed by atoms with van der Waals surface area (Å²) in [6, 6.07) is 8.22. The Labute approximate surface area is 158 Å². The topological polar surface area (TPSA) is 35.6 Å². The minimum atomic E-state index is 0.0490. The summed E-state index contributed by atoms with van der Waals surface area (Å²) in [6.45, 7) is 12.4. The van der Waals surface area contributed by atoms with Crippen molar-refractivity contribution in [2.24, 2.45) is 17.8 Å². The van der Waals surface area contributed by atoms with Crippen molar-refractivity contribution < 1.29 is 4.79 Å². The van der Waals surface area contributed by atoms with E-state index in [4.69, 9.17) is 0 Å². The average Bonchev–Trinajstić information content (AvgIpc) is 2.62. The van der Waals surface area contributed by atoms with Crippen LogP contribution in [0.4, 0.5) is 10.5 Å². The van der Waals surface area contributed by atoms with E-state index in [0.717, 1.165) is 55.8 Å². The van der Waals surface area contributed by atoms with E-state index in [-0.39, 0.29) is 6.03 Å². The Balaban J connectivity index is 1.43. The van der Waals surface area contributed by atoms with Gasteiger partial charge in [0, 0.05) is 38.4 Å². The Bertz CT molecular complexity index is 568. The summed E-state index contributed by atoms with van der Waals surface area (Å²) in [7, 11) is 0. The smallest absolute Gasteiger partial charge is 0.321 e. The Morgan fingerprint density at radius 2 is 1.69 bits per heavy atom. The standard InChI is InChI=1S/C22H35N3O/c1-4-19-5-7-21(8-6-19)23-22(26)25-11-9-20(10-12-25)16-24-14-17(2)13-18(3)15-24/h5-8,17-18,20H,4,9-16H2,1-3H3,(H,23,26)/t17-,18-/m0/s1. The molecule has 2 atom stereocenters. The van der Waals surface area contributed by atoms with Crippen molar-refractivity contribution in [1.29, 1.82) is 0 Å². The summed E-state index contributed by atoms with van der Waals surface area (Å²) < 4.78 is 0. The first kappa shape index (κ1) is 19.2. The first-order chi connectivity index (χ1) is 12.5. The number of likely N-dealkylation sites (tertiary alicyclic amines) is 2. The number of amides is 2. The van der Waals surface area contributed by atoms with E-state index in [2.05, 4.69) is 43.1 Å². The number of piperidine rings is 2. The van der Waals surface area contributed by atoms with Gasteiger partial charge in [-0.25, -0.2) is 4.79 Å². The Morgan fingerprint density at radius 3 is 2.27 bits per heavy atom. The van der Waals surface area contributed by atoms with Gasteiger partial charge in [0.05, 0.1) is 0 Å². The summed E-state index contributed by atoms with van der Waals surface area (Å²) in [6.07, 6.45) is 4.65. The zero-order valence-electron chi connectivity index (χ0n) is 16.7. The molecule has 0 bridgehead atoms. The Morgan fingerprint density at radius 1 is 1.08 bits per heavy atom. The van der Waals surface area contributed by atoms with E-state index in [9.17, 15) is 4.79 Å². The quantitative estimate of drug-likeness (QED) is 0.863. The van der Waals surface area contributed by atoms with Gasteiger partial charge in [0.1, 0.15) is 0 Å². The number of hydrogen-bond acceptors (Lipinski definition) is 2. The lowest BCUT2D eigenvalue weighted by Crippen LogP contribution is -2.46. The second kappa shape index (κ2) is 8.90. The van der Waals surface area contributed by atoms with Gasteiger partial charge in [-0.3, -0.25) is 0 Å². The molecule has 0 aromatic heterocycles. The van der Waals surface area contributed by atoms with Crippen LogP contribution in [0, 0.1) is 17.8 Å². The highest BCUT2D eigenvalue weighted by molar-refractivity contribution is 5.89. The number of hydrogen-bond donors (Lipinski definition) is 1. The third-order valence-electron chi connectivity index (χ3n) is 5.98. The van der Waals surface area contributed by atoms with Gasteiger partial charge < -0.3 is 15.1 Å². The van der Waals surface area contributed by atoms with Gasteiger partial charge in [-0.15, -0.1) is 0 Å². The fraction of sp³-hybridized carbons (Fsp3) is 0.682. The van der Waals surface area contributed by atoms with Crippen LogP contribution in [0.3, 0.4) is 0 Å². The lowest BCUT2D eigenvalue weighted by molar-refractivity contribution is 0.101. The molecule has 1 aromatic rings. The largest absolute Gasteiger partial charge is 0.325 e. The molecule has 2 saturated heterocycles. The molecular formula is C22H35N3O. The maximum Gasteiger partial charge on any atom is 0.321 e. The number of carbonyl (C=O) groups excluding carboxylic acids is 1. The number of nitrogens with zero attached hydrogens (tertiary/aromatic N) is 2. The highest BCUT2D eigenvalue weighted by Crippen LogP contribution is 2.25. The van der Waals surface area contributed by atoms with E-state index in [1.165, 1.54) is 31.6 Å². The first-order valence-corrected chi connectivity index (χ1v) is 10.4. The van der Waals surface area contributed by atoms with Gasteiger partial charge in [0.25, 0.3) is 0 Å². The average molecular weight is 358 g/mol. The minimum absolute atomic E-state index is 0.0490. The molecule has 1 aromatic carbocycles. The highest BCUT2D eigenvalue weighted by atomic mass is 16.2. The van der Waals surface area contributed by atoms with Crippen molar-refractivity contribution in [3.05, 3.63) is 29.8 Å². The fourth-order valence-electron chi connectivity index (χ4n) is 4.65. The molecule has 2 heterocycles. The van der Waals surface area contributed by atoms with Crippen LogP contribution < -0.4 is 5.32 Å². The molecule has 0 unspecified atom stereocenters. The van der Waals surface area contributed by atoms with E-state index < -0.39 is 0 Å². The molecule has 2 fully saturated rings. The van der Waals surface area contributed by atoms with Crippen LogP contribution in [0.25, 0.3) is 0 Å². The molecule has 26 heavy (non-hydrogen) atoms. The Kier molecular flexibility index (Phi) is 6.58. The zero-order valence-corrected chi connectivity index (χ0v) is 16.7. The van der Waals surface area contributed by atoms with Crippen LogP contribution in [0.1, 0.15) is 45.6 Å². The van der Waals surface area contributed by atoms with Crippen molar-refractivity contribution in [3.63, 3.8) is 0 Å². The van der Waals surface area contributed by atoms with E-state index >= 15 is 0 Å². The van der Waals surface area contributed by atoms with Crippen LogP contribution in [0.5, 0.6) is 0 Å². The second-order valence-corrected chi connectivity index (χ2v) is 8.58. The summed E-state index contributed by atoms with van der Waals surface area (Å²) >= 11 is 0.